The van der Waals surface area contributed by atoms with Crippen molar-refractivity contribution in [1.82, 2.24) is 0 Å². The first-order chi connectivity index (χ1) is 43.4. The Hall–Kier alpha value is -1.94. The van der Waals surface area contributed by atoms with Gasteiger partial charge >= 0.3 is 39.5 Å². The van der Waals surface area contributed by atoms with Gasteiger partial charge in [-0.15, -0.1) is 0 Å². The SMILES string of the molecule is CCCCCCCCCCCCCCCC(=O)OC[C@H](COP(=O)(O)OC[C@@H](O)COP(=O)(O)OC[C@@H](COC(=O)CCCCCCCCCC(C)C)OC(=O)CCCCCCCCCCCCCC)OC(=O)CCCCCCCCCCCCCCC(C)C. The van der Waals surface area contributed by atoms with Crippen LogP contribution in [0.3, 0.4) is 0 Å². The predicted octanol–water partition coefficient (Wildman–Crippen LogP) is 20.4. The fraction of sp³-hybridized carbons (Fsp3) is 0.944. The smallest absolute Gasteiger partial charge is 0.462 e. The van der Waals surface area contributed by atoms with E-state index in [0.29, 0.717) is 31.6 Å². The van der Waals surface area contributed by atoms with Gasteiger partial charge in [0.15, 0.2) is 12.2 Å². The second kappa shape index (κ2) is 63.1. The molecular formula is C71H138O17P2. The molecule has 0 fully saturated rings. The molecule has 0 aromatic rings. The molecule has 0 saturated heterocycles. The minimum absolute atomic E-state index is 0.107. The molecule has 0 amide bonds. The van der Waals surface area contributed by atoms with Gasteiger partial charge in [0.25, 0.3) is 0 Å². The van der Waals surface area contributed by atoms with E-state index in [9.17, 15) is 43.2 Å². The highest BCUT2D eigenvalue weighted by Gasteiger charge is 2.30. The predicted molar refractivity (Wildman–Crippen MR) is 363 cm³/mol. The Bertz CT molecular complexity index is 1750. The van der Waals surface area contributed by atoms with E-state index in [4.69, 9.17) is 37.0 Å². The molecule has 0 saturated carbocycles. The second-order valence-corrected chi connectivity index (χ2v) is 29.5. The first-order valence-electron chi connectivity index (χ1n) is 37.0. The van der Waals surface area contributed by atoms with E-state index in [2.05, 4.69) is 41.5 Å². The van der Waals surface area contributed by atoms with Crippen LogP contribution in [0.25, 0.3) is 0 Å². The molecule has 0 rings (SSSR count). The lowest BCUT2D eigenvalue weighted by Gasteiger charge is -2.21. The Balaban J connectivity index is 5.25. The van der Waals surface area contributed by atoms with Crippen LogP contribution in [0, 0.1) is 11.8 Å². The number of phosphoric ester groups is 2. The maximum absolute atomic E-state index is 13.0. The molecule has 0 radical (unpaired) electrons. The molecule has 534 valence electrons. The third kappa shape index (κ3) is 64.8. The van der Waals surface area contributed by atoms with Crippen LogP contribution in [-0.2, 0) is 65.4 Å². The van der Waals surface area contributed by atoms with Gasteiger partial charge in [0.05, 0.1) is 26.4 Å². The third-order valence-electron chi connectivity index (χ3n) is 16.5. The van der Waals surface area contributed by atoms with E-state index >= 15 is 0 Å². The molecule has 0 aromatic carbocycles. The number of rotatable bonds is 70. The summed E-state index contributed by atoms with van der Waals surface area (Å²) < 4.78 is 68.3. The Morgan fingerprint density at radius 2 is 0.511 bits per heavy atom. The molecule has 0 aliphatic carbocycles. The van der Waals surface area contributed by atoms with Crippen molar-refractivity contribution in [3.8, 4) is 0 Å². The van der Waals surface area contributed by atoms with Gasteiger partial charge in [0.1, 0.15) is 19.3 Å². The molecular weight excluding hydrogens is 1190 g/mol. The maximum atomic E-state index is 13.0. The normalized spacial score (nSPS) is 14.1. The van der Waals surface area contributed by atoms with E-state index in [1.165, 1.54) is 173 Å². The number of carbonyl (C=O) groups is 4. The highest BCUT2D eigenvalue weighted by Crippen LogP contribution is 2.45. The highest BCUT2D eigenvalue weighted by atomic mass is 31.2. The van der Waals surface area contributed by atoms with E-state index in [0.717, 1.165) is 102 Å². The summed E-state index contributed by atoms with van der Waals surface area (Å²) in [5.74, 6) is -0.639. The molecule has 2 unspecified atom stereocenters. The molecule has 3 N–H and O–H groups in total. The maximum Gasteiger partial charge on any atom is 0.472 e. The van der Waals surface area contributed by atoms with Gasteiger partial charge in [0.2, 0.25) is 0 Å². The van der Waals surface area contributed by atoms with Gasteiger partial charge in [0, 0.05) is 25.7 Å². The summed E-state index contributed by atoms with van der Waals surface area (Å²) in [7, 11) is -9.90. The number of phosphoric acid groups is 2. The number of carbonyl (C=O) groups excluding carboxylic acids is 4. The fourth-order valence-corrected chi connectivity index (χ4v) is 12.3. The van der Waals surface area contributed by atoms with Crippen LogP contribution in [0.5, 0.6) is 0 Å². The molecule has 0 spiro atoms. The van der Waals surface area contributed by atoms with Crippen LogP contribution >= 0.6 is 15.6 Å². The van der Waals surface area contributed by atoms with Crippen molar-refractivity contribution >= 4 is 39.5 Å². The molecule has 17 nitrogen and oxygen atoms in total. The Kier molecular flexibility index (Phi) is 61.8. The van der Waals surface area contributed by atoms with Gasteiger partial charge in [-0.3, -0.25) is 37.3 Å². The van der Waals surface area contributed by atoms with Crippen LogP contribution < -0.4 is 0 Å². The van der Waals surface area contributed by atoms with E-state index in [1.807, 2.05) is 0 Å². The molecule has 0 heterocycles. The number of aliphatic hydroxyl groups is 1. The monoisotopic (exact) mass is 1320 g/mol. The van der Waals surface area contributed by atoms with E-state index < -0.39 is 97.5 Å². The molecule has 0 aliphatic heterocycles. The van der Waals surface area contributed by atoms with Crippen LogP contribution in [0.2, 0.25) is 0 Å². The molecule has 5 atom stereocenters. The van der Waals surface area contributed by atoms with Crippen LogP contribution in [0.4, 0.5) is 0 Å². The Morgan fingerprint density at radius 1 is 0.300 bits per heavy atom. The number of unbranched alkanes of at least 4 members (excludes halogenated alkanes) is 40. The highest BCUT2D eigenvalue weighted by molar-refractivity contribution is 7.47. The Labute approximate surface area is 549 Å². The average molecular weight is 1330 g/mol. The minimum Gasteiger partial charge on any atom is -0.462 e. The number of ether oxygens (including phenoxy) is 4. The van der Waals surface area contributed by atoms with Crippen molar-refractivity contribution in [3.63, 3.8) is 0 Å². The van der Waals surface area contributed by atoms with Gasteiger partial charge in [-0.05, 0) is 37.5 Å². The summed E-state index contributed by atoms with van der Waals surface area (Å²) in [6.07, 6.45) is 48.5. The van der Waals surface area contributed by atoms with Gasteiger partial charge in [-0.25, -0.2) is 9.13 Å². The van der Waals surface area contributed by atoms with Crippen molar-refractivity contribution in [2.75, 3.05) is 39.6 Å². The van der Waals surface area contributed by atoms with Crippen molar-refractivity contribution in [1.29, 1.82) is 0 Å². The van der Waals surface area contributed by atoms with Crippen molar-refractivity contribution in [2.45, 2.75) is 381 Å². The summed E-state index contributed by atoms with van der Waals surface area (Å²) in [5, 5.41) is 10.6. The van der Waals surface area contributed by atoms with Crippen molar-refractivity contribution < 1.29 is 80.2 Å². The van der Waals surface area contributed by atoms with Crippen LogP contribution in [0.15, 0.2) is 0 Å². The summed E-state index contributed by atoms with van der Waals surface area (Å²) in [6.45, 7) is 9.51. The quantitative estimate of drug-likeness (QED) is 0.0222. The molecule has 0 aliphatic rings. The number of aliphatic hydroxyl groups excluding tert-OH is 1. The zero-order chi connectivity index (χ0) is 66.5. The number of hydrogen-bond acceptors (Lipinski definition) is 15. The molecule has 19 heteroatoms. The second-order valence-electron chi connectivity index (χ2n) is 26.6. The van der Waals surface area contributed by atoms with Gasteiger partial charge in [-0.1, -0.05) is 311 Å². The van der Waals surface area contributed by atoms with Crippen LogP contribution in [-0.4, -0.2) is 96.7 Å². The average Bonchev–Trinajstić information content (AvgIpc) is 2.93. The first-order valence-corrected chi connectivity index (χ1v) is 40.0. The largest absolute Gasteiger partial charge is 0.472 e. The van der Waals surface area contributed by atoms with E-state index in [1.54, 1.807) is 0 Å². The van der Waals surface area contributed by atoms with Gasteiger partial charge < -0.3 is 33.8 Å². The van der Waals surface area contributed by atoms with Gasteiger partial charge in [-0.2, -0.15) is 0 Å². The summed E-state index contributed by atoms with van der Waals surface area (Å²) in [5.41, 5.74) is 0. The lowest BCUT2D eigenvalue weighted by Crippen LogP contribution is -2.30. The lowest BCUT2D eigenvalue weighted by molar-refractivity contribution is -0.161. The molecule has 0 bridgehead atoms. The van der Waals surface area contributed by atoms with Crippen LogP contribution in [0.1, 0.15) is 363 Å². The van der Waals surface area contributed by atoms with Crippen molar-refractivity contribution in [3.05, 3.63) is 0 Å². The minimum atomic E-state index is -4.95. The number of esters is 4. The lowest BCUT2D eigenvalue weighted by atomic mass is 10.0. The summed E-state index contributed by atoms with van der Waals surface area (Å²) in [4.78, 5) is 72.6. The zero-order valence-electron chi connectivity index (χ0n) is 58.4. The zero-order valence-corrected chi connectivity index (χ0v) is 60.2. The fourth-order valence-electron chi connectivity index (χ4n) is 10.8. The Morgan fingerprint density at radius 3 is 0.756 bits per heavy atom. The topological polar surface area (TPSA) is 237 Å². The standard InChI is InChI=1S/C71H138O17P2/c1-7-9-11-13-15-17-19-21-26-29-35-41-47-53-68(73)81-59-66(87-71(76)56-50-44-37-31-27-23-22-24-28-33-39-45-51-63(3)4)61-85-89(77,78)83-57-65(72)58-84-90(79,80)86-62-67(60-82-69(74)54-48-42-38-32-34-40-46-52-64(5)6)88-70(75)55-49-43-36-30-25-20-18-16-14-12-10-8-2/h63-67,72H,7-62H2,1-6H3,(H,77,78)(H,79,80)/t65-,66-,67-/m1/s1. The molecule has 90 heavy (non-hydrogen) atoms. The van der Waals surface area contributed by atoms with E-state index in [-0.39, 0.29) is 25.7 Å². The third-order valence-corrected chi connectivity index (χ3v) is 18.4. The first kappa shape index (κ1) is 88.1. The summed E-state index contributed by atoms with van der Waals surface area (Å²) >= 11 is 0. The summed E-state index contributed by atoms with van der Waals surface area (Å²) in [6, 6.07) is 0. The van der Waals surface area contributed by atoms with Crippen molar-refractivity contribution in [2.24, 2.45) is 11.8 Å². The molecule has 0 aromatic heterocycles. The number of hydrogen-bond donors (Lipinski definition) is 3.